The summed E-state index contributed by atoms with van der Waals surface area (Å²) in [6.45, 7) is 7.21. The molecule has 0 heterocycles. The molecule has 1 unspecified atom stereocenters. The van der Waals surface area contributed by atoms with Gasteiger partial charge in [0.15, 0.2) is 0 Å². The van der Waals surface area contributed by atoms with Crippen LogP contribution < -0.4 is 20.7 Å². The summed E-state index contributed by atoms with van der Waals surface area (Å²) in [6, 6.07) is 20.4. The third-order valence-corrected chi connectivity index (χ3v) is 7.35. The van der Waals surface area contributed by atoms with E-state index in [4.69, 9.17) is 21.1 Å². The first-order valence-electron chi connectivity index (χ1n) is 15.4. The van der Waals surface area contributed by atoms with Crippen LogP contribution in [0.1, 0.15) is 55.6 Å². The van der Waals surface area contributed by atoms with Gasteiger partial charge < -0.3 is 20.1 Å². The first kappa shape index (κ1) is 36.5. The minimum atomic E-state index is -0.837. The van der Waals surface area contributed by atoms with Crippen LogP contribution in [-0.2, 0) is 22.6 Å². The number of nitrogens with zero attached hydrogens (tertiary/aromatic N) is 1. The van der Waals surface area contributed by atoms with Crippen molar-refractivity contribution < 1.29 is 33.2 Å². The predicted molar refractivity (Wildman–Crippen MR) is 183 cm³/mol. The van der Waals surface area contributed by atoms with E-state index < -0.39 is 40.3 Å². The van der Waals surface area contributed by atoms with Crippen molar-refractivity contribution in [3.63, 3.8) is 0 Å². The fraction of sp³-hybridized carbons (Fsp3) is 0.250. The smallest absolute Gasteiger partial charge is 0.407 e. The first-order valence-corrected chi connectivity index (χ1v) is 15.8. The highest BCUT2D eigenvalue weighted by molar-refractivity contribution is 6.30. The molecule has 0 radical (unpaired) electrons. The summed E-state index contributed by atoms with van der Waals surface area (Å²) in [5, 5.41) is 20.1. The largest absolute Gasteiger partial charge is 0.457 e. The lowest BCUT2D eigenvalue weighted by molar-refractivity contribution is -0.384. The Hall–Kier alpha value is -5.33. The fourth-order valence-corrected chi connectivity index (χ4v) is 4.93. The Balaban J connectivity index is 1.60. The molecule has 3 amide bonds. The van der Waals surface area contributed by atoms with Crippen molar-refractivity contribution in [2.24, 2.45) is 0 Å². The summed E-state index contributed by atoms with van der Waals surface area (Å²) in [5.41, 5.74) is 0.449. The fourth-order valence-electron chi connectivity index (χ4n) is 4.77. The summed E-state index contributed by atoms with van der Waals surface area (Å²) in [6.07, 6.45) is -0.292. The Bertz CT molecular complexity index is 1860. The number of ether oxygens (including phenoxy) is 2. The molecule has 0 aliphatic rings. The average molecular weight is 691 g/mol. The number of carbonyl (C=O) groups excluding carboxylic acids is 3. The Morgan fingerprint density at radius 3 is 2.39 bits per heavy atom. The molecule has 0 spiro atoms. The van der Waals surface area contributed by atoms with Gasteiger partial charge in [0, 0.05) is 58.6 Å². The van der Waals surface area contributed by atoms with E-state index >= 15 is 0 Å². The molecule has 1 atom stereocenters. The minimum Gasteiger partial charge on any atom is -0.457 e. The number of rotatable bonds is 12. The van der Waals surface area contributed by atoms with E-state index in [9.17, 15) is 28.9 Å². The predicted octanol–water partition coefficient (Wildman–Crippen LogP) is 7.70. The summed E-state index contributed by atoms with van der Waals surface area (Å²) in [5.74, 6) is -1.37. The summed E-state index contributed by atoms with van der Waals surface area (Å²) in [4.78, 5) is 50.0. The van der Waals surface area contributed by atoms with Crippen molar-refractivity contribution in [3.8, 4) is 22.6 Å². The zero-order valence-corrected chi connectivity index (χ0v) is 28.1. The molecule has 3 N–H and O–H groups in total. The molecule has 0 saturated carbocycles. The van der Waals surface area contributed by atoms with Gasteiger partial charge in [0.05, 0.1) is 11.0 Å². The minimum absolute atomic E-state index is 0.0367. The van der Waals surface area contributed by atoms with Crippen molar-refractivity contribution in [1.82, 2.24) is 16.0 Å². The van der Waals surface area contributed by atoms with E-state index in [0.717, 1.165) is 6.07 Å². The van der Waals surface area contributed by atoms with E-state index in [1.807, 2.05) is 0 Å². The van der Waals surface area contributed by atoms with E-state index in [1.54, 1.807) is 76.2 Å². The lowest BCUT2D eigenvalue weighted by Crippen LogP contribution is -2.45. The quantitative estimate of drug-likeness (QED) is 0.101. The van der Waals surface area contributed by atoms with Gasteiger partial charge in [-0.1, -0.05) is 48.9 Å². The molecule has 0 aliphatic carbocycles. The number of hydrogen-bond donors (Lipinski definition) is 3. The van der Waals surface area contributed by atoms with Crippen LogP contribution in [0.25, 0.3) is 11.1 Å². The van der Waals surface area contributed by atoms with Gasteiger partial charge in [0.25, 0.3) is 11.6 Å². The van der Waals surface area contributed by atoms with Crippen LogP contribution in [0.4, 0.5) is 14.9 Å². The van der Waals surface area contributed by atoms with E-state index in [-0.39, 0.29) is 41.2 Å². The van der Waals surface area contributed by atoms with Crippen molar-refractivity contribution >= 4 is 35.2 Å². The van der Waals surface area contributed by atoms with Crippen molar-refractivity contribution in [1.29, 1.82) is 0 Å². The van der Waals surface area contributed by atoms with Crippen LogP contribution in [0.5, 0.6) is 11.5 Å². The molecule has 49 heavy (non-hydrogen) atoms. The van der Waals surface area contributed by atoms with Gasteiger partial charge in [0.1, 0.15) is 22.9 Å². The lowest BCUT2D eigenvalue weighted by atomic mass is 9.97. The number of imide groups is 1. The van der Waals surface area contributed by atoms with Gasteiger partial charge >= 0.3 is 6.09 Å². The number of alkyl carbamates (subject to hydrolysis) is 1. The maximum Gasteiger partial charge on any atom is 0.407 e. The maximum atomic E-state index is 14.1. The third kappa shape index (κ3) is 10.3. The van der Waals surface area contributed by atoms with Crippen LogP contribution in [0.15, 0.2) is 84.9 Å². The van der Waals surface area contributed by atoms with Crippen LogP contribution >= 0.6 is 11.6 Å². The number of carbonyl (C=O) groups is 3. The van der Waals surface area contributed by atoms with E-state index in [2.05, 4.69) is 16.0 Å². The zero-order valence-electron chi connectivity index (χ0n) is 27.3. The first-order chi connectivity index (χ1) is 23.2. The van der Waals surface area contributed by atoms with Gasteiger partial charge in [0.2, 0.25) is 5.91 Å². The number of nitro groups is 1. The van der Waals surface area contributed by atoms with Gasteiger partial charge in [-0.2, -0.15) is 0 Å². The van der Waals surface area contributed by atoms with Gasteiger partial charge in [-0.25, -0.2) is 9.18 Å². The van der Waals surface area contributed by atoms with Gasteiger partial charge in [-0.3, -0.25) is 25.0 Å². The average Bonchev–Trinajstić information content (AvgIpc) is 3.04. The summed E-state index contributed by atoms with van der Waals surface area (Å²) in [7, 11) is 0. The molecule has 0 saturated heterocycles. The van der Waals surface area contributed by atoms with Crippen LogP contribution in [0.2, 0.25) is 5.02 Å². The van der Waals surface area contributed by atoms with E-state index in [0.29, 0.717) is 28.3 Å². The monoisotopic (exact) mass is 690 g/mol. The topological polar surface area (TPSA) is 149 Å². The van der Waals surface area contributed by atoms with Crippen molar-refractivity contribution in [3.05, 3.63) is 123 Å². The Morgan fingerprint density at radius 1 is 0.939 bits per heavy atom. The molecule has 0 bridgehead atoms. The molecule has 0 fully saturated rings. The third-order valence-electron chi connectivity index (χ3n) is 7.11. The van der Waals surface area contributed by atoms with E-state index in [1.165, 1.54) is 30.3 Å². The number of hydrogen-bond acceptors (Lipinski definition) is 8. The maximum absolute atomic E-state index is 14.1. The Labute approximate surface area is 287 Å². The Morgan fingerprint density at radius 2 is 1.69 bits per heavy atom. The molecule has 4 aromatic carbocycles. The van der Waals surface area contributed by atoms with Crippen LogP contribution in [0.3, 0.4) is 0 Å². The number of amides is 3. The highest BCUT2D eigenvalue weighted by Gasteiger charge is 2.25. The van der Waals surface area contributed by atoms with Crippen molar-refractivity contribution in [2.75, 3.05) is 0 Å². The molecule has 256 valence electrons. The summed E-state index contributed by atoms with van der Waals surface area (Å²) < 4.78 is 25.6. The molecule has 4 rings (SSSR count). The second-order valence-corrected chi connectivity index (χ2v) is 12.4. The molecular formula is C36H36ClFN4O7. The second-order valence-electron chi connectivity index (χ2n) is 12.0. The van der Waals surface area contributed by atoms with Crippen LogP contribution in [-0.4, -0.2) is 34.5 Å². The molecule has 13 heteroatoms. The highest BCUT2D eigenvalue weighted by atomic mass is 35.5. The molecule has 0 aromatic heterocycles. The van der Waals surface area contributed by atoms with Crippen LogP contribution in [0, 0.1) is 15.9 Å². The summed E-state index contributed by atoms with van der Waals surface area (Å²) >= 11 is 6.32. The number of halogens is 2. The number of nitrogens with one attached hydrogen (secondary N) is 3. The second kappa shape index (κ2) is 16.2. The van der Waals surface area contributed by atoms with Gasteiger partial charge in [-0.05, 0) is 69.2 Å². The Kier molecular flexibility index (Phi) is 12.1. The molecule has 4 aromatic rings. The lowest BCUT2D eigenvalue weighted by Gasteiger charge is -2.20. The molecular weight excluding hydrogens is 655 g/mol. The standard InChI is InChI=1S/C36H36ClFN4O7/c1-5-31(39-21-23-10-6-7-12-30(23)38)34(44)41-33(43)28-16-14-25(42(46)47)19-29(28)27-15-13-24(37)18-32(27)48-26-11-8-9-22(17-26)20-40-35(45)49-36(2,3)4/h6-19,31,39H,5,20-21H2,1-4H3,(H,40,45)(H,41,43,44). The molecule has 11 nitrogen and oxygen atoms in total. The highest BCUT2D eigenvalue weighted by Crippen LogP contribution is 2.39. The van der Waals surface area contributed by atoms with Crippen molar-refractivity contribution in [2.45, 2.75) is 58.8 Å². The molecule has 0 aliphatic heterocycles. The zero-order chi connectivity index (χ0) is 35.7. The number of non-ortho nitro benzene ring substituents is 1. The number of nitro benzene ring substituents is 1. The normalized spacial score (nSPS) is 11.7. The van der Waals surface area contributed by atoms with Gasteiger partial charge in [-0.15, -0.1) is 0 Å². The SMILES string of the molecule is CCC(NCc1ccccc1F)C(=O)NC(=O)c1ccc([N+](=O)[O-])cc1-c1ccc(Cl)cc1Oc1cccc(CNC(=O)OC(C)(C)C)c1. The number of benzene rings is 4.